The summed E-state index contributed by atoms with van der Waals surface area (Å²) in [6.07, 6.45) is 0.367. The van der Waals surface area contributed by atoms with Gasteiger partial charge in [0.15, 0.2) is 6.10 Å². The number of amides is 1. The zero-order valence-electron chi connectivity index (χ0n) is 18.4. The number of aryl methyl sites for hydroxylation is 1. The van der Waals surface area contributed by atoms with Crippen LogP contribution in [0.25, 0.3) is 6.08 Å². The number of carbonyl (C=O) groups excluding carboxylic acids is 2. The summed E-state index contributed by atoms with van der Waals surface area (Å²) in [5, 5.41) is 21.0. The van der Waals surface area contributed by atoms with E-state index in [9.17, 15) is 14.9 Å². The topological polar surface area (TPSA) is 108 Å². The second-order valence-electron chi connectivity index (χ2n) is 7.73. The van der Waals surface area contributed by atoms with Crippen molar-refractivity contribution >= 4 is 23.6 Å². The Kier molecular flexibility index (Phi) is 7.76. The number of nitriles is 2. The Bertz CT molecular complexity index is 1100. The van der Waals surface area contributed by atoms with Crippen molar-refractivity contribution in [1.29, 1.82) is 10.5 Å². The van der Waals surface area contributed by atoms with Crippen LogP contribution in [0.2, 0.25) is 0 Å². The fourth-order valence-electron chi connectivity index (χ4n) is 3.10. The van der Waals surface area contributed by atoms with Gasteiger partial charge in [-0.1, -0.05) is 19.9 Å². The zero-order valence-corrected chi connectivity index (χ0v) is 18.4. The second kappa shape index (κ2) is 10.3. The number of benzene rings is 1. The molecule has 0 radical (unpaired) electrons. The summed E-state index contributed by atoms with van der Waals surface area (Å²) in [5.41, 5.74) is 3.38. The Balaban J connectivity index is 2.13. The number of ether oxygens (including phenoxy) is 1. The van der Waals surface area contributed by atoms with Crippen molar-refractivity contribution in [1.82, 2.24) is 4.57 Å². The average molecular weight is 418 g/mol. The van der Waals surface area contributed by atoms with E-state index in [1.165, 1.54) is 19.1 Å². The number of nitrogens with one attached hydrogen (secondary N) is 1. The number of aromatic nitrogens is 1. The van der Waals surface area contributed by atoms with Gasteiger partial charge in [-0.2, -0.15) is 10.5 Å². The van der Waals surface area contributed by atoms with E-state index in [0.29, 0.717) is 17.2 Å². The number of hydrogen-bond acceptors (Lipinski definition) is 5. The summed E-state index contributed by atoms with van der Waals surface area (Å²) in [6, 6.07) is 12.2. The van der Waals surface area contributed by atoms with Gasteiger partial charge in [0.05, 0.1) is 11.6 Å². The number of carbonyl (C=O) groups is 2. The molecule has 1 N–H and O–H groups in total. The van der Waals surface area contributed by atoms with Gasteiger partial charge < -0.3 is 14.6 Å². The predicted molar refractivity (Wildman–Crippen MR) is 118 cm³/mol. The molecule has 0 bridgehead atoms. The molecule has 7 heteroatoms. The maximum atomic E-state index is 12.5. The minimum absolute atomic E-state index is 0.184. The van der Waals surface area contributed by atoms with Crippen molar-refractivity contribution in [3.8, 4) is 12.1 Å². The lowest BCUT2D eigenvalue weighted by Crippen LogP contribution is -2.30. The molecule has 0 aliphatic carbocycles. The quantitative estimate of drug-likeness (QED) is 0.413. The normalized spacial score (nSPS) is 12.1. The maximum Gasteiger partial charge on any atom is 0.349 e. The van der Waals surface area contributed by atoms with Gasteiger partial charge in [0.2, 0.25) is 0 Å². The summed E-state index contributed by atoms with van der Waals surface area (Å²) >= 11 is 0. The summed E-state index contributed by atoms with van der Waals surface area (Å²) < 4.78 is 7.34. The first-order valence-electron chi connectivity index (χ1n) is 9.96. The van der Waals surface area contributed by atoms with Gasteiger partial charge >= 0.3 is 5.97 Å². The summed E-state index contributed by atoms with van der Waals surface area (Å²) in [7, 11) is 0. The van der Waals surface area contributed by atoms with Crippen molar-refractivity contribution in [2.24, 2.45) is 5.92 Å². The smallest absolute Gasteiger partial charge is 0.349 e. The Labute approximate surface area is 182 Å². The van der Waals surface area contributed by atoms with E-state index < -0.39 is 18.0 Å². The van der Waals surface area contributed by atoms with Crippen LogP contribution < -0.4 is 5.32 Å². The number of hydrogen-bond donors (Lipinski definition) is 1. The SMILES string of the molecule is Cc1cc(/C=C(\C#N)C(=O)O[C@H](C)C(=O)Nc2cccc(C#N)c2)c(C)n1CC(C)C. The van der Waals surface area contributed by atoms with Crippen molar-refractivity contribution in [3.63, 3.8) is 0 Å². The number of nitrogens with zero attached hydrogens (tertiary/aromatic N) is 3. The lowest BCUT2D eigenvalue weighted by molar-refractivity contribution is -0.148. The molecule has 0 unspecified atom stereocenters. The largest absolute Gasteiger partial charge is 0.448 e. The molecule has 2 rings (SSSR count). The Morgan fingerprint density at radius 3 is 2.52 bits per heavy atom. The van der Waals surface area contributed by atoms with Gasteiger partial charge in [-0.15, -0.1) is 0 Å². The van der Waals surface area contributed by atoms with E-state index in [1.807, 2.05) is 32.1 Å². The van der Waals surface area contributed by atoms with Crippen molar-refractivity contribution in [3.05, 3.63) is 58.4 Å². The third kappa shape index (κ3) is 6.07. The van der Waals surface area contributed by atoms with Crippen LogP contribution in [-0.2, 0) is 20.9 Å². The summed E-state index contributed by atoms with van der Waals surface area (Å²) in [4.78, 5) is 24.8. The van der Waals surface area contributed by atoms with Gasteiger partial charge in [-0.3, -0.25) is 4.79 Å². The first kappa shape index (κ1) is 23.4. The van der Waals surface area contributed by atoms with Gasteiger partial charge in [0, 0.05) is 23.6 Å². The van der Waals surface area contributed by atoms with E-state index in [4.69, 9.17) is 10.00 Å². The van der Waals surface area contributed by atoms with Crippen LogP contribution in [0.1, 0.15) is 43.3 Å². The molecule has 1 heterocycles. The van der Waals surface area contributed by atoms with Crippen molar-refractivity contribution < 1.29 is 14.3 Å². The van der Waals surface area contributed by atoms with Gasteiger partial charge in [-0.05, 0) is 62.6 Å². The molecule has 2 aromatic rings. The highest BCUT2D eigenvalue weighted by molar-refractivity contribution is 6.01. The Morgan fingerprint density at radius 2 is 1.90 bits per heavy atom. The number of anilines is 1. The average Bonchev–Trinajstić information content (AvgIpc) is 2.98. The van der Waals surface area contributed by atoms with Crippen LogP contribution in [0.4, 0.5) is 5.69 Å². The molecule has 31 heavy (non-hydrogen) atoms. The van der Waals surface area contributed by atoms with Crippen LogP contribution in [0, 0.1) is 42.4 Å². The molecule has 7 nitrogen and oxygen atoms in total. The second-order valence-corrected chi connectivity index (χ2v) is 7.73. The third-order valence-corrected chi connectivity index (χ3v) is 4.71. The van der Waals surface area contributed by atoms with Crippen LogP contribution in [0.5, 0.6) is 0 Å². The third-order valence-electron chi connectivity index (χ3n) is 4.71. The van der Waals surface area contributed by atoms with Crippen LogP contribution in [0.15, 0.2) is 35.9 Å². The monoisotopic (exact) mass is 418 g/mol. The van der Waals surface area contributed by atoms with Crippen LogP contribution in [-0.4, -0.2) is 22.5 Å². The zero-order chi connectivity index (χ0) is 23.1. The molecule has 0 saturated heterocycles. The van der Waals surface area contributed by atoms with E-state index >= 15 is 0 Å². The van der Waals surface area contributed by atoms with Gasteiger partial charge in [-0.25, -0.2) is 4.79 Å². The van der Waals surface area contributed by atoms with Crippen LogP contribution >= 0.6 is 0 Å². The molecular weight excluding hydrogens is 392 g/mol. The number of rotatable bonds is 7. The molecule has 0 spiro atoms. The van der Waals surface area contributed by atoms with E-state index in [2.05, 4.69) is 23.7 Å². The van der Waals surface area contributed by atoms with Crippen LogP contribution in [0.3, 0.4) is 0 Å². The van der Waals surface area contributed by atoms with Crippen molar-refractivity contribution in [2.75, 3.05) is 5.32 Å². The molecule has 1 amide bonds. The van der Waals surface area contributed by atoms with Gasteiger partial charge in [0.25, 0.3) is 5.91 Å². The summed E-state index contributed by atoms with van der Waals surface area (Å²) in [5.74, 6) is -0.976. The highest BCUT2D eigenvalue weighted by Gasteiger charge is 2.21. The molecule has 1 aromatic carbocycles. The Morgan fingerprint density at radius 1 is 1.19 bits per heavy atom. The van der Waals surface area contributed by atoms with E-state index in [1.54, 1.807) is 18.2 Å². The molecule has 0 saturated carbocycles. The minimum atomic E-state index is -1.12. The lowest BCUT2D eigenvalue weighted by Gasteiger charge is -2.13. The number of esters is 1. The molecule has 0 aliphatic rings. The molecule has 1 atom stereocenters. The fourth-order valence-corrected chi connectivity index (χ4v) is 3.10. The maximum absolute atomic E-state index is 12.5. The fraction of sp³-hybridized carbons (Fsp3) is 0.333. The molecule has 1 aromatic heterocycles. The lowest BCUT2D eigenvalue weighted by atomic mass is 10.1. The van der Waals surface area contributed by atoms with E-state index in [-0.39, 0.29) is 5.57 Å². The van der Waals surface area contributed by atoms with Crippen molar-refractivity contribution in [2.45, 2.75) is 47.3 Å². The van der Waals surface area contributed by atoms with E-state index in [0.717, 1.165) is 23.5 Å². The van der Waals surface area contributed by atoms with Gasteiger partial charge in [0.1, 0.15) is 11.6 Å². The highest BCUT2D eigenvalue weighted by Crippen LogP contribution is 2.20. The molecular formula is C24H26N4O3. The standard InChI is InChI=1S/C24H26N4O3/c1-15(2)14-28-16(3)9-20(17(28)4)11-21(13-26)24(30)31-18(5)23(29)27-22-8-6-7-19(10-22)12-25/h6-11,15,18H,14H2,1-5H3,(H,27,29)/b21-11+/t18-/m1/s1. The first-order valence-corrected chi connectivity index (χ1v) is 9.96. The minimum Gasteiger partial charge on any atom is -0.448 e. The highest BCUT2D eigenvalue weighted by atomic mass is 16.5. The summed E-state index contributed by atoms with van der Waals surface area (Å²) in [6.45, 7) is 10.4. The Hall–Kier alpha value is -3.84. The molecule has 0 fully saturated rings. The predicted octanol–water partition coefficient (Wildman–Crippen LogP) is 4.11. The first-order chi connectivity index (χ1) is 14.7. The molecule has 160 valence electrons. The molecule has 0 aliphatic heterocycles.